The largest absolute Gasteiger partial charge is 0.261 e. The number of nitrogens with one attached hydrogen (secondary N) is 1. The first-order chi connectivity index (χ1) is 6.58. The first-order valence-electron chi connectivity index (χ1n) is 3.74. The monoisotopic (exact) mass is 238 g/mol. The summed E-state index contributed by atoms with van der Waals surface area (Å²) in [5, 5.41) is -0.606. The van der Waals surface area contributed by atoms with Gasteiger partial charge in [0.2, 0.25) is 5.03 Å². The van der Waals surface area contributed by atoms with Crippen molar-refractivity contribution in [2.45, 2.75) is 5.03 Å². The molecule has 7 heteroatoms. The summed E-state index contributed by atoms with van der Waals surface area (Å²) in [6, 6.07) is 2.35. The molecule has 0 aliphatic rings. The lowest BCUT2D eigenvalue weighted by atomic mass is 10.5. The standard InChI is InChI=1S/C7H8ClFN2O2S/c8-3-5-11-14(12,13)7-6(9)2-1-4-10-7/h1-2,4,11H,3,5H2. The second-order valence-corrected chi connectivity index (χ2v) is 4.44. The van der Waals surface area contributed by atoms with E-state index in [1.165, 1.54) is 12.3 Å². The molecule has 0 radical (unpaired) electrons. The van der Waals surface area contributed by atoms with Crippen molar-refractivity contribution in [2.75, 3.05) is 12.4 Å². The van der Waals surface area contributed by atoms with E-state index in [2.05, 4.69) is 9.71 Å². The van der Waals surface area contributed by atoms with E-state index in [4.69, 9.17) is 11.6 Å². The van der Waals surface area contributed by atoms with Crippen molar-refractivity contribution >= 4 is 21.6 Å². The fourth-order valence-corrected chi connectivity index (χ4v) is 2.05. The molecule has 1 aromatic rings. The number of halogens is 2. The quantitative estimate of drug-likeness (QED) is 0.787. The molecular weight excluding hydrogens is 231 g/mol. The lowest BCUT2D eigenvalue weighted by Crippen LogP contribution is -2.27. The lowest BCUT2D eigenvalue weighted by Gasteiger charge is -2.04. The zero-order valence-electron chi connectivity index (χ0n) is 7.07. The van der Waals surface area contributed by atoms with E-state index < -0.39 is 20.9 Å². The van der Waals surface area contributed by atoms with Gasteiger partial charge in [0, 0.05) is 18.6 Å². The Balaban J connectivity index is 2.99. The Bertz CT molecular complexity index is 410. The van der Waals surface area contributed by atoms with Gasteiger partial charge in [-0.2, -0.15) is 0 Å². The molecule has 4 nitrogen and oxygen atoms in total. The Morgan fingerprint density at radius 1 is 1.57 bits per heavy atom. The number of rotatable bonds is 4. The number of hydrogen-bond acceptors (Lipinski definition) is 3. The highest BCUT2D eigenvalue weighted by Crippen LogP contribution is 2.08. The Kier molecular flexibility index (Phi) is 3.79. The van der Waals surface area contributed by atoms with Crippen LogP contribution < -0.4 is 4.72 Å². The van der Waals surface area contributed by atoms with Crippen LogP contribution in [-0.4, -0.2) is 25.8 Å². The smallest absolute Gasteiger partial charge is 0.241 e. The third-order valence-electron chi connectivity index (χ3n) is 1.37. The Morgan fingerprint density at radius 3 is 2.86 bits per heavy atom. The van der Waals surface area contributed by atoms with Gasteiger partial charge in [0.25, 0.3) is 10.0 Å². The summed E-state index contributed by atoms with van der Waals surface area (Å²) in [6.07, 6.45) is 1.21. The summed E-state index contributed by atoms with van der Waals surface area (Å²) < 4.78 is 37.8. The second-order valence-electron chi connectivity index (χ2n) is 2.38. The van der Waals surface area contributed by atoms with Crippen LogP contribution in [0, 0.1) is 5.82 Å². The van der Waals surface area contributed by atoms with Gasteiger partial charge in [0.15, 0.2) is 5.82 Å². The molecule has 0 unspecified atom stereocenters. The molecule has 0 saturated heterocycles. The molecule has 14 heavy (non-hydrogen) atoms. The first-order valence-corrected chi connectivity index (χ1v) is 5.76. The predicted molar refractivity (Wildman–Crippen MR) is 50.1 cm³/mol. The van der Waals surface area contributed by atoms with Gasteiger partial charge in [0.05, 0.1) is 0 Å². The molecule has 0 amide bonds. The summed E-state index contributed by atoms with van der Waals surface area (Å²) >= 11 is 5.29. The van der Waals surface area contributed by atoms with Gasteiger partial charge >= 0.3 is 0 Å². The summed E-state index contributed by atoms with van der Waals surface area (Å²) in [5.74, 6) is -0.761. The minimum atomic E-state index is -3.87. The number of pyridine rings is 1. The molecule has 1 aromatic heterocycles. The maximum absolute atomic E-state index is 13.0. The normalized spacial score (nSPS) is 11.6. The van der Waals surface area contributed by atoms with Crippen LogP contribution >= 0.6 is 11.6 Å². The van der Waals surface area contributed by atoms with Crippen molar-refractivity contribution in [2.24, 2.45) is 0 Å². The highest BCUT2D eigenvalue weighted by Gasteiger charge is 2.19. The lowest BCUT2D eigenvalue weighted by molar-refractivity contribution is 0.546. The number of aromatic nitrogens is 1. The Hall–Kier alpha value is -0.720. The van der Waals surface area contributed by atoms with Crippen LogP contribution in [0.2, 0.25) is 0 Å². The van der Waals surface area contributed by atoms with Crippen LogP contribution in [-0.2, 0) is 10.0 Å². The van der Waals surface area contributed by atoms with Crippen molar-refractivity contribution in [1.29, 1.82) is 0 Å². The maximum Gasteiger partial charge on any atom is 0.261 e. The summed E-state index contributed by atoms with van der Waals surface area (Å²) in [5.41, 5.74) is 0. The molecule has 0 spiro atoms. The zero-order chi connectivity index (χ0) is 10.6. The molecule has 0 fully saturated rings. The highest BCUT2D eigenvalue weighted by molar-refractivity contribution is 7.89. The van der Waals surface area contributed by atoms with E-state index in [1.807, 2.05) is 0 Å². The van der Waals surface area contributed by atoms with Gasteiger partial charge < -0.3 is 0 Å². The van der Waals surface area contributed by atoms with Gasteiger partial charge in [-0.1, -0.05) is 0 Å². The molecule has 0 saturated carbocycles. The van der Waals surface area contributed by atoms with E-state index in [1.54, 1.807) is 0 Å². The highest BCUT2D eigenvalue weighted by atomic mass is 35.5. The topological polar surface area (TPSA) is 59.1 Å². The Labute approximate surface area is 86.2 Å². The van der Waals surface area contributed by atoms with E-state index in [0.717, 1.165) is 6.07 Å². The molecule has 0 aliphatic heterocycles. The number of hydrogen-bond donors (Lipinski definition) is 1. The fourth-order valence-electron chi connectivity index (χ4n) is 0.810. The molecule has 0 atom stereocenters. The number of sulfonamides is 1. The van der Waals surface area contributed by atoms with Crippen LogP contribution in [0.15, 0.2) is 23.4 Å². The van der Waals surface area contributed by atoms with Crippen molar-refractivity contribution in [3.8, 4) is 0 Å². The SMILES string of the molecule is O=S(=O)(NCCCl)c1ncccc1F. The van der Waals surface area contributed by atoms with Crippen molar-refractivity contribution in [1.82, 2.24) is 9.71 Å². The molecule has 1 heterocycles. The van der Waals surface area contributed by atoms with E-state index in [-0.39, 0.29) is 12.4 Å². The van der Waals surface area contributed by atoms with Crippen LogP contribution in [0.3, 0.4) is 0 Å². The van der Waals surface area contributed by atoms with E-state index in [0.29, 0.717) is 0 Å². The Morgan fingerprint density at radius 2 is 2.29 bits per heavy atom. The van der Waals surface area contributed by atoms with Crippen molar-refractivity contribution < 1.29 is 12.8 Å². The predicted octanol–water partition coefficient (Wildman–Crippen LogP) is 0.738. The van der Waals surface area contributed by atoms with E-state index in [9.17, 15) is 12.8 Å². The zero-order valence-corrected chi connectivity index (χ0v) is 8.65. The molecule has 78 valence electrons. The molecular formula is C7H8ClFN2O2S. The molecule has 1 rings (SSSR count). The van der Waals surface area contributed by atoms with Gasteiger partial charge in [-0.05, 0) is 12.1 Å². The molecule has 1 N–H and O–H groups in total. The van der Waals surface area contributed by atoms with Gasteiger partial charge in [-0.3, -0.25) is 0 Å². The minimum Gasteiger partial charge on any atom is -0.241 e. The average molecular weight is 239 g/mol. The molecule has 0 bridgehead atoms. The number of nitrogens with zero attached hydrogens (tertiary/aromatic N) is 1. The van der Waals surface area contributed by atoms with Crippen LogP contribution in [0.4, 0.5) is 4.39 Å². The third kappa shape index (κ3) is 2.63. The summed E-state index contributed by atoms with van der Waals surface area (Å²) in [7, 11) is -3.87. The molecule has 0 aromatic carbocycles. The van der Waals surface area contributed by atoms with Crippen molar-refractivity contribution in [3.63, 3.8) is 0 Å². The van der Waals surface area contributed by atoms with Crippen LogP contribution in [0.1, 0.15) is 0 Å². The third-order valence-corrected chi connectivity index (χ3v) is 2.95. The molecule has 0 aliphatic carbocycles. The van der Waals surface area contributed by atoms with Crippen molar-refractivity contribution in [3.05, 3.63) is 24.1 Å². The van der Waals surface area contributed by atoms with Crippen LogP contribution in [0.25, 0.3) is 0 Å². The van der Waals surface area contributed by atoms with Gasteiger partial charge in [-0.15, -0.1) is 11.6 Å². The van der Waals surface area contributed by atoms with Gasteiger partial charge in [-0.25, -0.2) is 22.5 Å². The number of alkyl halides is 1. The second kappa shape index (κ2) is 4.68. The fraction of sp³-hybridized carbons (Fsp3) is 0.286. The first kappa shape index (κ1) is 11.4. The maximum atomic E-state index is 13.0. The van der Waals surface area contributed by atoms with E-state index >= 15 is 0 Å². The minimum absolute atomic E-state index is 0.0416. The summed E-state index contributed by atoms with van der Waals surface area (Å²) in [4.78, 5) is 3.43. The van der Waals surface area contributed by atoms with Crippen LogP contribution in [0.5, 0.6) is 0 Å². The van der Waals surface area contributed by atoms with Gasteiger partial charge in [0.1, 0.15) is 0 Å². The summed E-state index contributed by atoms with van der Waals surface area (Å²) in [6.45, 7) is 0.0416. The average Bonchev–Trinajstić information content (AvgIpc) is 2.15.